The van der Waals surface area contributed by atoms with Crippen molar-refractivity contribution in [1.82, 2.24) is 20.2 Å². The number of carbonyl (C=O) groups is 1. The van der Waals surface area contributed by atoms with E-state index in [-0.39, 0.29) is 34.7 Å². The van der Waals surface area contributed by atoms with E-state index in [1.54, 1.807) is 13.8 Å². The van der Waals surface area contributed by atoms with Gasteiger partial charge in [0, 0.05) is 63.8 Å². The normalized spacial score (nSPS) is 21.5. The second-order valence-electron chi connectivity index (χ2n) is 11.4. The number of benzene rings is 1. The number of H-pyrrole nitrogens is 1. The van der Waals surface area contributed by atoms with Crippen molar-refractivity contribution in [2.24, 2.45) is 5.92 Å². The highest BCUT2D eigenvalue weighted by Crippen LogP contribution is 2.53. The number of aromatic nitrogens is 2. The summed E-state index contributed by atoms with van der Waals surface area (Å²) in [6.07, 6.45) is 5.60. The zero-order valence-electron chi connectivity index (χ0n) is 24.7. The topological polar surface area (TPSA) is 96.5 Å². The number of nitrogens with one attached hydrogen (secondary N) is 2. The van der Waals surface area contributed by atoms with Crippen molar-refractivity contribution in [2.45, 2.75) is 69.7 Å². The SMILES string of the molecule is CSc1cc(C)[nH]c(=O)c1CNC(=O)c1cc(-c2ccc(F)nc2F)c2c(c1C)OC(C)(C1CCC(N(C)C)CC1)O2. The van der Waals surface area contributed by atoms with Crippen LogP contribution in [-0.4, -0.2) is 53.0 Å². The number of aromatic amines is 1. The molecule has 42 heavy (non-hydrogen) atoms. The molecule has 3 aromatic rings. The first-order valence-corrected chi connectivity index (χ1v) is 15.2. The average molecular weight is 599 g/mol. The maximum atomic E-state index is 15.0. The molecule has 1 unspecified atom stereocenters. The smallest absolute Gasteiger partial charge is 0.254 e. The van der Waals surface area contributed by atoms with Crippen molar-refractivity contribution >= 4 is 17.7 Å². The van der Waals surface area contributed by atoms with Crippen LogP contribution in [0.25, 0.3) is 11.1 Å². The predicted molar refractivity (Wildman–Crippen MR) is 158 cm³/mol. The Hall–Kier alpha value is -3.44. The van der Waals surface area contributed by atoms with Gasteiger partial charge in [-0.05, 0) is 84.1 Å². The standard InChI is InChI=1S/C31H36F2N4O4S/c1-16-13-24(42-6)23(30(39)35-16)15-34-29(38)21-14-22(20-11-12-25(32)36-28(20)33)27-26(17(21)2)40-31(3,41-27)18-7-9-19(10-8-18)37(4)5/h11-14,18-19H,7-10,15H2,1-6H3,(H,34,38)(H,35,39). The van der Waals surface area contributed by atoms with Crippen LogP contribution >= 0.6 is 11.8 Å². The first kappa shape index (κ1) is 30.0. The maximum absolute atomic E-state index is 15.0. The van der Waals surface area contributed by atoms with Crippen LogP contribution in [0.1, 0.15) is 59.8 Å². The number of nitrogens with zero attached hydrogens (tertiary/aromatic N) is 2. The third kappa shape index (κ3) is 5.64. The van der Waals surface area contributed by atoms with Crippen LogP contribution in [0, 0.1) is 31.7 Å². The summed E-state index contributed by atoms with van der Waals surface area (Å²) in [5.41, 5.74) is 1.88. The molecule has 1 aliphatic heterocycles. The number of hydrogen-bond acceptors (Lipinski definition) is 7. The lowest BCUT2D eigenvalue weighted by Crippen LogP contribution is -2.46. The molecular formula is C31H36F2N4O4S. The molecule has 1 atom stereocenters. The Balaban J connectivity index is 1.51. The van der Waals surface area contributed by atoms with E-state index in [0.717, 1.165) is 42.3 Å². The number of fused-ring (bicyclic) bond motifs is 1. The third-order valence-electron chi connectivity index (χ3n) is 8.49. The quantitative estimate of drug-likeness (QED) is 0.270. The molecular weight excluding hydrogens is 562 g/mol. The van der Waals surface area contributed by atoms with Crippen LogP contribution in [-0.2, 0) is 6.54 Å². The van der Waals surface area contributed by atoms with Crippen LogP contribution in [0.5, 0.6) is 11.5 Å². The minimum atomic E-state index is -1.03. The third-order valence-corrected chi connectivity index (χ3v) is 9.29. The summed E-state index contributed by atoms with van der Waals surface area (Å²) in [4.78, 5) is 35.4. The molecule has 2 aromatic heterocycles. The van der Waals surface area contributed by atoms with Crippen LogP contribution in [0.15, 0.2) is 34.0 Å². The van der Waals surface area contributed by atoms with E-state index in [9.17, 15) is 14.0 Å². The number of halogens is 2. The van der Waals surface area contributed by atoms with E-state index in [2.05, 4.69) is 34.3 Å². The largest absolute Gasteiger partial charge is 0.448 e. The van der Waals surface area contributed by atoms with Gasteiger partial charge in [-0.25, -0.2) is 0 Å². The fourth-order valence-corrected chi connectivity index (χ4v) is 6.72. The molecule has 5 rings (SSSR count). The van der Waals surface area contributed by atoms with Crippen LogP contribution in [0.4, 0.5) is 8.78 Å². The van der Waals surface area contributed by atoms with Gasteiger partial charge in [-0.2, -0.15) is 13.8 Å². The monoisotopic (exact) mass is 598 g/mol. The fraction of sp³-hybridized carbons (Fsp3) is 0.452. The maximum Gasteiger partial charge on any atom is 0.254 e. The molecule has 1 fully saturated rings. The molecule has 1 amide bonds. The van der Waals surface area contributed by atoms with Gasteiger partial charge in [-0.1, -0.05) is 0 Å². The van der Waals surface area contributed by atoms with Crippen molar-refractivity contribution in [3.8, 4) is 22.6 Å². The van der Waals surface area contributed by atoms with Crippen molar-refractivity contribution in [3.63, 3.8) is 0 Å². The molecule has 0 spiro atoms. The summed E-state index contributed by atoms with van der Waals surface area (Å²) in [5, 5.41) is 2.84. The number of carbonyl (C=O) groups excluding carboxylic acids is 1. The number of aryl methyl sites for hydroxylation is 1. The van der Waals surface area contributed by atoms with Gasteiger partial charge in [0.1, 0.15) is 0 Å². The summed E-state index contributed by atoms with van der Waals surface area (Å²) in [7, 11) is 4.16. The summed E-state index contributed by atoms with van der Waals surface area (Å²) in [6.45, 7) is 5.42. The second kappa shape index (κ2) is 11.7. The summed E-state index contributed by atoms with van der Waals surface area (Å²) in [5.74, 6) is -2.76. The van der Waals surface area contributed by atoms with E-state index >= 15 is 4.39 Å². The Morgan fingerprint density at radius 1 is 1.12 bits per heavy atom. The highest BCUT2D eigenvalue weighted by Gasteiger charge is 2.48. The number of thioether (sulfide) groups is 1. The van der Waals surface area contributed by atoms with Gasteiger partial charge in [-0.3, -0.25) is 9.59 Å². The van der Waals surface area contributed by atoms with Crippen molar-refractivity contribution in [2.75, 3.05) is 20.4 Å². The molecule has 0 saturated heterocycles. The van der Waals surface area contributed by atoms with E-state index in [4.69, 9.17) is 9.47 Å². The number of amides is 1. The zero-order chi connectivity index (χ0) is 30.3. The highest BCUT2D eigenvalue weighted by atomic mass is 32.2. The van der Waals surface area contributed by atoms with Crippen molar-refractivity contribution < 1.29 is 23.0 Å². The first-order valence-electron chi connectivity index (χ1n) is 14.0. The number of ether oxygens (including phenoxy) is 2. The average Bonchev–Trinajstić information content (AvgIpc) is 3.32. The summed E-state index contributed by atoms with van der Waals surface area (Å²) >= 11 is 1.42. The van der Waals surface area contributed by atoms with E-state index in [1.807, 2.05) is 19.2 Å². The first-order chi connectivity index (χ1) is 19.9. The Bertz CT molecular complexity index is 1590. The number of pyridine rings is 2. The molecule has 1 aromatic carbocycles. The van der Waals surface area contributed by atoms with E-state index in [1.165, 1.54) is 23.9 Å². The number of rotatable bonds is 7. The Morgan fingerprint density at radius 3 is 2.45 bits per heavy atom. The van der Waals surface area contributed by atoms with E-state index < -0.39 is 23.6 Å². The molecule has 3 heterocycles. The molecule has 1 saturated carbocycles. The summed E-state index contributed by atoms with van der Waals surface area (Å²) in [6, 6.07) is 6.20. The van der Waals surface area contributed by atoms with Gasteiger partial charge in [-0.15, -0.1) is 11.8 Å². The van der Waals surface area contributed by atoms with Gasteiger partial charge >= 0.3 is 0 Å². The fourth-order valence-electron chi connectivity index (χ4n) is 6.02. The molecule has 224 valence electrons. The van der Waals surface area contributed by atoms with Crippen LogP contribution in [0.3, 0.4) is 0 Å². The predicted octanol–water partition coefficient (Wildman–Crippen LogP) is 5.59. The lowest BCUT2D eigenvalue weighted by molar-refractivity contribution is -0.123. The molecule has 8 nitrogen and oxygen atoms in total. The molecule has 2 aliphatic rings. The van der Waals surface area contributed by atoms with Gasteiger partial charge < -0.3 is 24.7 Å². The molecule has 11 heteroatoms. The zero-order valence-corrected chi connectivity index (χ0v) is 25.5. The van der Waals surface area contributed by atoms with Gasteiger partial charge in [0.25, 0.3) is 17.3 Å². The number of hydrogen-bond donors (Lipinski definition) is 2. The second-order valence-corrected chi connectivity index (χ2v) is 12.3. The lowest BCUT2D eigenvalue weighted by Gasteiger charge is -2.39. The Kier molecular flexibility index (Phi) is 8.35. The molecule has 1 aliphatic carbocycles. The summed E-state index contributed by atoms with van der Waals surface area (Å²) < 4.78 is 41.8. The van der Waals surface area contributed by atoms with Crippen LogP contribution in [0.2, 0.25) is 0 Å². The van der Waals surface area contributed by atoms with E-state index in [0.29, 0.717) is 28.7 Å². The molecule has 0 radical (unpaired) electrons. The Morgan fingerprint density at radius 2 is 1.81 bits per heavy atom. The molecule has 0 bridgehead atoms. The van der Waals surface area contributed by atoms with Gasteiger partial charge in [0.05, 0.1) is 0 Å². The minimum absolute atomic E-state index is 0.00681. The van der Waals surface area contributed by atoms with Crippen molar-refractivity contribution in [1.29, 1.82) is 0 Å². The highest BCUT2D eigenvalue weighted by molar-refractivity contribution is 7.98. The van der Waals surface area contributed by atoms with Crippen LogP contribution < -0.4 is 20.3 Å². The van der Waals surface area contributed by atoms with Crippen molar-refractivity contribution in [3.05, 3.63) is 68.9 Å². The molecule has 2 N–H and O–H groups in total. The van der Waals surface area contributed by atoms with Gasteiger partial charge in [0.2, 0.25) is 11.9 Å². The Labute approximate surface area is 248 Å². The minimum Gasteiger partial charge on any atom is -0.448 e. The lowest BCUT2D eigenvalue weighted by atomic mass is 9.81. The van der Waals surface area contributed by atoms with Gasteiger partial charge in [0.15, 0.2) is 11.5 Å².